The molecule has 9 nitrogen and oxygen atoms in total. The van der Waals surface area contributed by atoms with Gasteiger partial charge in [0.2, 0.25) is 17.5 Å². The number of para-hydroxylation sites is 2. The highest BCUT2D eigenvalue weighted by molar-refractivity contribution is 5.79. The van der Waals surface area contributed by atoms with Crippen molar-refractivity contribution in [3.8, 4) is 23.1 Å². The van der Waals surface area contributed by atoms with E-state index in [0.717, 1.165) is 0 Å². The Morgan fingerprint density at radius 2 is 1.89 bits per heavy atom. The number of ether oxygens (including phenoxy) is 2. The van der Waals surface area contributed by atoms with Crippen LogP contribution in [0.15, 0.2) is 47.2 Å². The first kappa shape index (κ1) is 17.0. The predicted octanol–water partition coefficient (Wildman–Crippen LogP) is 1.54. The third kappa shape index (κ3) is 3.57. The summed E-state index contributed by atoms with van der Waals surface area (Å²) in [4.78, 5) is 26.5. The first-order valence-corrected chi connectivity index (χ1v) is 8.39. The van der Waals surface area contributed by atoms with Crippen LogP contribution in [-0.2, 0) is 4.79 Å². The van der Waals surface area contributed by atoms with Crippen LogP contribution in [0, 0.1) is 0 Å². The second-order valence-corrected chi connectivity index (χ2v) is 5.96. The maximum Gasteiger partial charge on any atom is 0.260 e. The van der Waals surface area contributed by atoms with Gasteiger partial charge >= 0.3 is 0 Å². The topological polar surface area (TPSA) is 103 Å². The normalized spacial score (nSPS) is 13.9. The minimum Gasteiger partial charge on any atom is -0.493 e. The number of benzene rings is 1. The van der Waals surface area contributed by atoms with Gasteiger partial charge in [0.15, 0.2) is 18.1 Å². The van der Waals surface area contributed by atoms with E-state index in [-0.39, 0.29) is 18.4 Å². The quantitative estimate of drug-likeness (QED) is 0.646. The van der Waals surface area contributed by atoms with Crippen molar-refractivity contribution in [2.75, 3.05) is 26.8 Å². The van der Waals surface area contributed by atoms with E-state index in [4.69, 9.17) is 14.0 Å². The Labute approximate surface area is 155 Å². The predicted molar refractivity (Wildman–Crippen MR) is 93.1 cm³/mol. The van der Waals surface area contributed by atoms with E-state index in [1.54, 1.807) is 42.6 Å². The fraction of sp³-hybridized carbons (Fsp3) is 0.278. The number of aromatic nitrogens is 4. The smallest absolute Gasteiger partial charge is 0.260 e. The van der Waals surface area contributed by atoms with Crippen molar-refractivity contribution in [3.63, 3.8) is 0 Å². The molecule has 1 fully saturated rings. The summed E-state index contributed by atoms with van der Waals surface area (Å²) in [7, 11) is 1.56. The van der Waals surface area contributed by atoms with E-state index in [1.807, 2.05) is 12.1 Å². The zero-order chi connectivity index (χ0) is 18.6. The van der Waals surface area contributed by atoms with Crippen LogP contribution in [0.2, 0.25) is 0 Å². The van der Waals surface area contributed by atoms with Gasteiger partial charge in [0.1, 0.15) is 0 Å². The Balaban J connectivity index is 1.30. The summed E-state index contributed by atoms with van der Waals surface area (Å²) >= 11 is 0. The van der Waals surface area contributed by atoms with Gasteiger partial charge in [-0.25, -0.2) is 9.97 Å². The Bertz CT molecular complexity index is 924. The molecule has 0 saturated carbocycles. The van der Waals surface area contributed by atoms with Gasteiger partial charge in [-0.1, -0.05) is 17.3 Å². The number of methoxy groups -OCH3 is 1. The standard InChI is InChI=1S/C18H17N5O4/c1-25-13-5-2-3-6-14(13)26-11-15(24)23-9-12(10-23)18-21-17(22-27-18)16-19-7-4-8-20-16/h2-8,12H,9-11H2,1H3. The van der Waals surface area contributed by atoms with Crippen molar-refractivity contribution in [1.29, 1.82) is 0 Å². The Hall–Kier alpha value is -3.49. The van der Waals surface area contributed by atoms with Crippen molar-refractivity contribution in [2.24, 2.45) is 0 Å². The Morgan fingerprint density at radius 1 is 1.15 bits per heavy atom. The first-order valence-electron chi connectivity index (χ1n) is 8.39. The average Bonchev–Trinajstić information content (AvgIpc) is 3.16. The third-order valence-corrected chi connectivity index (χ3v) is 4.21. The molecule has 1 aromatic carbocycles. The van der Waals surface area contributed by atoms with Crippen molar-refractivity contribution in [3.05, 3.63) is 48.6 Å². The minimum absolute atomic E-state index is 0.00479. The number of carbonyl (C=O) groups is 1. The molecule has 1 aliphatic rings. The molecule has 0 aliphatic carbocycles. The van der Waals surface area contributed by atoms with E-state index in [2.05, 4.69) is 20.1 Å². The molecular formula is C18H17N5O4. The lowest BCUT2D eigenvalue weighted by Gasteiger charge is -2.36. The summed E-state index contributed by atoms with van der Waals surface area (Å²) in [5.74, 6) is 2.25. The number of hydrogen-bond donors (Lipinski definition) is 0. The molecule has 3 aromatic rings. The fourth-order valence-corrected chi connectivity index (χ4v) is 2.71. The summed E-state index contributed by atoms with van der Waals surface area (Å²) in [6, 6.07) is 8.92. The van der Waals surface area contributed by atoms with Gasteiger partial charge in [0, 0.05) is 25.5 Å². The number of amides is 1. The highest BCUT2D eigenvalue weighted by Crippen LogP contribution is 2.28. The van der Waals surface area contributed by atoms with Gasteiger partial charge in [-0.2, -0.15) is 4.98 Å². The SMILES string of the molecule is COc1ccccc1OCC(=O)N1CC(c2nc(-c3ncccn3)no2)C1. The zero-order valence-electron chi connectivity index (χ0n) is 14.6. The summed E-state index contributed by atoms with van der Waals surface area (Å²) in [5.41, 5.74) is 0. The molecule has 4 rings (SSSR count). The molecule has 3 heterocycles. The van der Waals surface area contributed by atoms with Crippen LogP contribution in [0.4, 0.5) is 0 Å². The summed E-state index contributed by atoms with van der Waals surface area (Å²) in [6.07, 6.45) is 3.23. The van der Waals surface area contributed by atoms with Gasteiger partial charge in [-0.3, -0.25) is 4.79 Å². The van der Waals surface area contributed by atoms with Crippen LogP contribution < -0.4 is 9.47 Å². The van der Waals surface area contributed by atoms with Crippen molar-refractivity contribution < 1.29 is 18.8 Å². The largest absolute Gasteiger partial charge is 0.493 e. The van der Waals surface area contributed by atoms with Crippen LogP contribution in [0.5, 0.6) is 11.5 Å². The van der Waals surface area contributed by atoms with E-state index in [0.29, 0.717) is 42.1 Å². The number of nitrogens with zero attached hydrogens (tertiary/aromatic N) is 5. The number of likely N-dealkylation sites (tertiary alicyclic amines) is 1. The lowest BCUT2D eigenvalue weighted by atomic mass is 10.0. The van der Waals surface area contributed by atoms with Crippen LogP contribution in [0.3, 0.4) is 0 Å². The van der Waals surface area contributed by atoms with Crippen molar-refractivity contribution >= 4 is 5.91 Å². The molecule has 9 heteroatoms. The third-order valence-electron chi connectivity index (χ3n) is 4.21. The molecule has 2 aromatic heterocycles. The van der Waals surface area contributed by atoms with E-state index in [1.165, 1.54) is 0 Å². The van der Waals surface area contributed by atoms with E-state index < -0.39 is 0 Å². The van der Waals surface area contributed by atoms with Crippen molar-refractivity contribution in [2.45, 2.75) is 5.92 Å². The van der Waals surface area contributed by atoms with Crippen LogP contribution in [-0.4, -0.2) is 57.7 Å². The summed E-state index contributed by atoms with van der Waals surface area (Å²) < 4.78 is 16.1. The van der Waals surface area contributed by atoms with Gasteiger partial charge in [0.25, 0.3) is 5.91 Å². The molecule has 0 N–H and O–H groups in total. The van der Waals surface area contributed by atoms with Crippen molar-refractivity contribution in [1.82, 2.24) is 25.0 Å². The second kappa shape index (κ2) is 7.40. The average molecular weight is 367 g/mol. The molecular weight excluding hydrogens is 350 g/mol. The number of rotatable bonds is 6. The molecule has 0 spiro atoms. The van der Waals surface area contributed by atoms with E-state index in [9.17, 15) is 4.79 Å². The molecule has 27 heavy (non-hydrogen) atoms. The Morgan fingerprint density at radius 3 is 2.63 bits per heavy atom. The number of hydrogen-bond acceptors (Lipinski definition) is 8. The molecule has 1 aliphatic heterocycles. The molecule has 1 saturated heterocycles. The van der Waals surface area contributed by atoms with Crippen LogP contribution in [0.1, 0.15) is 11.8 Å². The summed E-state index contributed by atoms with van der Waals surface area (Å²) in [6.45, 7) is 0.955. The minimum atomic E-state index is -0.108. The molecule has 0 bridgehead atoms. The molecule has 138 valence electrons. The fourth-order valence-electron chi connectivity index (χ4n) is 2.71. The zero-order valence-corrected chi connectivity index (χ0v) is 14.6. The first-order chi connectivity index (χ1) is 13.2. The lowest BCUT2D eigenvalue weighted by Crippen LogP contribution is -2.50. The highest BCUT2D eigenvalue weighted by Gasteiger charge is 2.36. The molecule has 1 amide bonds. The van der Waals surface area contributed by atoms with Gasteiger partial charge in [-0.05, 0) is 18.2 Å². The maximum absolute atomic E-state index is 12.3. The van der Waals surface area contributed by atoms with Gasteiger partial charge in [-0.15, -0.1) is 0 Å². The maximum atomic E-state index is 12.3. The highest BCUT2D eigenvalue weighted by atomic mass is 16.5. The van der Waals surface area contributed by atoms with E-state index >= 15 is 0 Å². The van der Waals surface area contributed by atoms with Crippen LogP contribution in [0.25, 0.3) is 11.6 Å². The summed E-state index contributed by atoms with van der Waals surface area (Å²) in [5, 5.41) is 3.90. The van der Waals surface area contributed by atoms with Gasteiger partial charge < -0.3 is 18.9 Å². The molecule has 0 unspecified atom stereocenters. The number of carbonyl (C=O) groups excluding carboxylic acids is 1. The monoisotopic (exact) mass is 367 g/mol. The Kier molecular flexibility index (Phi) is 4.65. The molecule has 0 atom stereocenters. The van der Waals surface area contributed by atoms with Crippen LogP contribution >= 0.6 is 0 Å². The lowest BCUT2D eigenvalue weighted by molar-refractivity contribution is -0.138. The van der Waals surface area contributed by atoms with Gasteiger partial charge in [0.05, 0.1) is 13.0 Å². The molecule has 0 radical (unpaired) electrons. The second-order valence-electron chi connectivity index (χ2n) is 5.96.